The molecule has 0 saturated heterocycles. The Hall–Kier alpha value is -1.13. The molecule has 0 fully saturated rings. The number of ether oxygens (including phenoxy) is 1. The lowest BCUT2D eigenvalue weighted by Crippen LogP contribution is -2.45. The van der Waals surface area contributed by atoms with E-state index in [-0.39, 0.29) is 6.04 Å². The first kappa shape index (κ1) is 14.3. The fourth-order valence-electron chi connectivity index (χ4n) is 2.48. The van der Waals surface area contributed by atoms with Crippen LogP contribution < -0.4 is 10.2 Å². The van der Waals surface area contributed by atoms with Gasteiger partial charge in [-0.15, -0.1) is 0 Å². The Labute approximate surface area is 120 Å². The molecule has 4 heteroatoms. The molecule has 0 saturated carbocycles. The van der Waals surface area contributed by atoms with Crippen LogP contribution in [0.1, 0.15) is 25.3 Å². The Morgan fingerprint density at radius 1 is 1.42 bits per heavy atom. The zero-order valence-corrected chi connectivity index (χ0v) is 12.5. The number of hydrogen-bond acceptors (Lipinski definition) is 2. The second-order valence-electron chi connectivity index (χ2n) is 5.04. The van der Waals surface area contributed by atoms with Crippen LogP contribution in [-0.2, 0) is 11.2 Å². The number of methoxy groups -OCH3 is 1. The zero-order valence-electron chi connectivity index (χ0n) is 11.7. The summed E-state index contributed by atoms with van der Waals surface area (Å²) in [4.78, 5) is 2.23. The van der Waals surface area contributed by atoms with Crippen molar-refractivity contribution in [2.75, 3.05) is 25.2 Å². The van der Waals surface area contributed by atoms with Crippen molar-refractivity contribution in [1.29, 1.82) is 0 Å². The van der Waals surface area contributed by atoms with Crippen LogP contribution in [0.4, 0.5) is 5.69 Å². The van der Waals surface area contributed by atoms with E-state index in [0.29, 0.717) is 6.61 Å². The quantitative estimate of drug-likeness (QED) is 0.859. The van der Waals surface area contributed by atoms with Crippen molar-refractivity contribution >= 4 is 23.0 Å². The van der Waals surface area contributed by atoms with Crippen LogP contribution in [0.5, 0.6) is 0 Å². The summed E-state index contributed by atoms with van der Waals surface area (Å²) in [7, 11) is 1.71. The smallest absolute Gasteiger partial charge is 0.173 e. The number of nitrogens with zero attached hydrogens (tertiary/aromatic N) is 1. The van der Waals surface area contributed by atoms with E-state index in [1.165, 1.54) is 24.1 Å². The van der Waals surface area contributed by atoms with Gasteiger partial charge in [0.1, 0.15) is 0 Å². The summed E-state index contributed by atoms with van der Waals surface area (Å²) in [6.07, 6.45) is 3.54. The largest absolute Gasteiger partial charge is 0.383 e. The summed E-state index contributed by atoms with van der Waals surface area (Å²) in [5, 5.41) is 4.16. The van der Waals surface area contributed by atoms with Gasteiger partial charge in [0.15, 0.2) is 5.11 Å². The highest BCUT2D eigenvalue weighted by Gasteiger charge is 2.19. The van der Waals surface area contributed by atoms with Crippen molar-refractivity contribution in [1.82, 2.24) is 5.32 Å². The first-order chi connectivity index (χ1) is 9.22. The highest BCUT2D eigenvalue weighted by molar-refractivity contribution is 7.80. The van der Waals surface area contributed by atoms with Crippen molar-refractivity contribution in [2.45, 2.75) is 32.2 Å². The fraction of sp³-hybridized carbons (Fsp3) is 0.533. The zero-order chi connectivity index (χ0) is 13.7. The molecule has 1 aliphatic heterocycles. The Balaban J connectivity index is 2.13. The van der Waals surface area contributed by atoms with Crippen LogP contribution >= 0.6 is 12.2 Å². The number of para-hydroxylation sites is 1. The van der Waals surface area contributed by atoms with Gasteiger partial charge in [0.2, 0.25) is 0 Å². The van der Waals surface area contributed by atoms with Gasteiger partial charge in [-0.2, -0.15) is 0 Å². The SMILES string of the molecule is COCC(C)NC(=S)N1CCCCc2ccccc21. The maximum absolute atomic E-state index is 5.56. The molecule has 1 aromatic carbocycles. The molecule has 1 heterocycles. The lowest BCUT2D eigenvalue weighted by molar-refractivity contribution is 0.179. The summed E-state index contributed by atoms with van der Waals surface area (Å²) in [5.41, 5.74) is 2.64. The average Bonchev–Trinajstić information content (AvgIpc) is 2.61. The van der Waals surface area contributed by atoms with Gasteiger partial charge in [-0.05, 0) is 50.0 Å². The predicted molar refractivity (Wildman–Crippen MR) is 83.8 cm³/mol. The molecular formula is C15H22N2OS. The minimum absolute atomic E-state index is 0.230. The minimum atomic E-state index is 0.230. The molecule has 1 N–H and O–H groups in total. The van der Waals surface area contributed by atoms with Crippen molar-refractivity contribution in [2.24, 2.45) is 0 Å². The van der Waals surface area contributed by atoms with Gasteiger partial charge in [0.05, 0.1) is 6.61 Å². The standard InChI is InChI=1S/C15H22N2OS/c1-12(11-18-2)16-15(19)17-10-6-5-8-13-7-3-4-9-14(13)17/h3-4,7,9,12H,5-6,8,10-11H2,1-2H3,(H,16,19). The molecule has 0 aliphatic carbocycles. The van der Waals surface area contributed by atoms with E-state index in [1.807, 2.05) is 0 Å². The van der Waals surface area contributed by atoms with Gasteiger partial charge in [-0.1, -0.05) is 18.2 Å². The average molecular weight is 278 g/mol. The lowest BCUT2D eigenvalue weighted by atomic mass is 10.1. The topological polar surface area (TPSA) is 24.5 Å². The highest BCUT2D eigenvalue weighted by atomic mass is 32.1. The Morgan fingerprint density at radius 3 is 3.00 bits per heavy atom. The summed E-state index contributed by atoms with van der Waals surface area (Å²) in [5.74, 6) is 0. The third-order valence-electron chi connectivity index (χ3n) is 3.39. The van der Waals surface area contributed by atoms with Crippen molar-refractivity contribution in [3.63, 3.8) is 0 Å². The number of nitrogens with one attached hydrogen (secondary N) is 1. The van der Waals surface area contributed by atoms with E-state index >= 15 is 0 Å². The maximum Gasteiger partial charge on any atom is 0.173 e. The number of rotatable bonds is 3. The molecule has 1 aromatic rings. The van der Waals surface area contributed by atoms with Gasteiger partial charge in [-0.3, -0.25) is 0 Å². The van der Waals surface area contributed by atoms with E-state index in [4.69, 9.17) is 17.0 Å². The second-order valence-corrected chi connectivity index (χ2v) is 5.43. The Bertz CT molecular complexity index is 436. The number of hydrogen-bond donors (Lipinski definition) is 1. The number of thiocarbonyl (C=S) groups is 1. The van der Waals surface area contributed by atoms with Gasteiger partial charge in [-0.25, -0.2) is 0 Å². The summed E-state index contributed by atoms with van der Waals surface area (Å²) >= 11 is 5.56. The van der Waals surface area contributed by atoms with Crippen LogP contribution in [0, 0.1) is 0 Å². The first-order valence-corrected chi connectivity index (χ1v) is 7.28. The molecule has 104 valence electrons. The third-order valence-corrected chi connectivity index (χ3v) is 3.73. The van der Waals surface area contributed by atoms with E-state index in [2.05, 4.69) is 41.4 Å². The second kappa shape index (κ2) is 6.87. The minimum Gasteiger partial charge on any atom is -0.383 e. The molecule has 1 unspecified atom stereocenters. The number of fused-ring (bicyclic) bond motifs is 1. The highest BCUT2D eigenvalue weighted by Crippen LogP contribution is 2.26. The Morgan fingerprint density at radius 2 is 2.21 bits per heavy atom. The summed E-state index contributed by atoms with van der Waals surface area (Å²) in [6.45, 7) is 3.73. The van der Waals surface area contributed by atoms with E-state index < -0.39 is 0 Å². The third kappa shape index (κ3) is 3.67. The first-order valence-electron chi connectivity index (χ1n) is 6.87. The molecule has 19 heavy (non-hydrogen) atoms. The van der Waals surface area contributed by atoms with Crippen LogP contribution in [-0.4, -0.2) is 31.4 Å². The van der Waals surface area contributed by atoms with Crippen molar-refractivity contribution < 1.29 is 4.74 Å². The summed E-state index contributed by atoms with van der Waals surface area (Å²) in [6, 6.07) is 8.78. The molecule has 0 bridgehead atoms. The molecule has 0 spiro atoms. The summed E-state index contributed by atoms with van der Waals surface area (Å²) < 4.78 is 5.15. The molecule has 1 aliphatic rings. The molecule has 3 nitrogen and oxygen atoms in total. The number of aryl methyl sites for hydroxylation is 1. The number of benzene rings is 1. The lowest BCUT2D eigenvalue weighted by Gasteiger charge is -2.28. The molecule has 2 rings (SSSR count). The Kier molecular flexibility index (Phi) is 5.16. The van der Waals surface area contributed by atoms with Gasteiger partial charge >= 0.3 is 0 Å². The molecule has 0 radical (unpaired) electrons. The van der Waals surface area contributed by atoms with Crippen LogP contribution in [0.3, 0.4) is 0 Å². The van der Waals surface area contributed by atoms with Gasteiger partial charge < -0.3 is 15.0 Å². The van der Waals surface area contributed by atoms with Gasteiger partial charge in [0, 0.05) is 25.4 Å². The van der Waals surface area contributed by atoms with Crippen molar-refractivity contribution in [3.05, 3.63) is 29.8 Å². The monoisotopic (exact) mass is 278 g/mol. The molecule has 0 aromatic heterocycles. The predicted octanol–water partition coefficient (Wildman–Crippen LogP) is 2.74. The van der Waals surface area contributed by atoms with Gasteiger partial charge in [0.25, 0.3) is 0 Å². The molecule has 0 amide bonds. The molecule has 1 atom stereocenters. The number of anilines is 1. The van der Waals surface area contributed by atoms with Crippen LogP contribution in [0.15, 0.2) is 24.3 Å². The van der Waals surface area contributed by atoms with Crippen LogP contribution in [0.25, 0.3) is 0 Å². The van der Waals surface area contributed by atoms with E-state index in [9.17, 15) is 0 Å². The van der Waals surface area contributed by atoms with E-state index in [1.54, 1.807) is 7.11 Å². The normalized spacial score (nSPS) is 16.4. The molecular weight excluding hydrogens is 256 g/mol. The van der Waals surface area contributed by atoms with E-state index in [0.717, 1.165) is 18.1 Å². The van der Waals surface area contributed by atoms with Crippen molar-refractivity contribution in [3.8, 4) is 0 Å². The van der Waals surface area contributed by atoms with Crippen LogP contribution in [0.2, 0.25) is 0 Å². The maximum atomic E-state index is 5.56. The fourth-order valence-corrected chi connectivity index (χ4v) is 2.87.